The molecule has 0 spiro atoms. The van der Waals surface area contributed by atoms with Gasteiger partial charge in [0.2, 0.25) is 5.91 Å². The van der Waals surface area contributed by atoms with Crippen LogP contribution < -0.4 is 5.32 Å². The minimum atomic E-state index is -0.105. The largest absolute Gasteiger partial charge is 0.469 e. The fraction of sp³-hybridized carbons (Fsp3) is 0.0952. The number of hydrogen-bond donors (Lipinski definition) is 1. The molecular weight excluding hydrogens is 298 g/mol. The maximum Gasteiger partial charge on any atom is 0.244 e. The van der Waals surface area contributed by atoms with Crippen LogP contribution in [0, 0.1) is 0 Å². The molecule has 0 atom stereocenters. The van der Waals surface area contributed by atoms with Crippen LogP contribution in [-0.4, -0.2) is 12.5 Å². The molecule has 24 heavy (non-hydrogen) atoms. The average molecular weight is 317 g/mol. The van der Waals surface area contributed by atoms with E-state index in [2.05, 4.69) is 29.6 Å². The van der Waals surface area contributed by atoms with Gasteiger partial charge in [0, 0.05) is 19.0 Å². The summed E-state index contributed by atoms with van der Waals surface area (Å²) in [6, 6.07) is 22.0. The fourth-order valence-electron chi connectivity index (χ4n) is 2.45. The van der Waals surface area contributed by atoms with Crippen molar-refractivity contribution in [2.24, 2.45) is 0 Å². The highest BCUT2D eigenvalue weighted by atomic mass is 16.3. The maximum atomic E-state index is 11.9. The molecule has 0 bridgehead atoms. The highest BCUT2D eigenvalue weighted by Crippen LogP contribution is 2.20. The van der Waals surface area contributed by atoms with Crippen LogP contribution in [0.3, 0.4) is 0 Å². The average Bonchev–Trinajstić information content (AvgIpc) is 3.14. The molecule has 0 saturated carbocycles. The first-order chi connectivity index (χ1) is 11.8. The molecule has 3 rings (SSSR count). The van der Waals surface area contributed by atoms with Crippen molar-refractivity contribution in [3.05, 3.63) is 90.4 Å². The van der Waals surface area contributed by atoms with Crippen molar-refractivity contribution >= 4 is 12.0 Å². The van der Waals surface area contributed by atoms with E-state index in [0.29, 0.717) is 13.0 Å². The predicted molar refractivity (Wildman–Crippen MR) is 96.3 cm³/mol. The van der Waals surface area contributed by atoms with Crippen LogP contribution in [0.25, 0.3) is 17.2 Å². The van der Waals surface area contributed by atoms with Crippen molar-refractivity contribution in [3.8, 4) is 11.1 Å². The van der Waals surface area contributed by atoms with Crippen LogP contribution in [0.15, 0.2) is 83.5 Å². The zero-order valence-electron chi connectivity index (χ0n) is 13.3. The zero-order chi connectivity index (χ0) is 16.6. The summed E-state index contributed by atoms with van der Waals surface area (Å²) in [6.45, 7) is 0.556. The van der Waals surface area contributed by atoms with Crippen LogP contribution in [0.4, 0.5) is 0 Å². The Labute approximate surface area is 141 Å². The Balaban J connectivity index is 1.57. The van der Waals surface area contributed by atoms with Crippen LogP contribution >= 0.6 is 0 Å². The molecule has 2 aromatic carbocycles. The summed E-state index contributed by atoms with van der Waals surface area (Å²) < 4.78 is 5.23. The number of carbonyl (C=O) groups excluding carboxylic acids is 1. The summed E-state index contributed by atoms with van der Waals surface area (Å²) in [5, 5.41) is 2.85. The lowest BCUT2D eigenvalue weighted by Crippen LogP contribution is -2.23. The number of furan rings is 1. The summed E-state index contributed by atoms with van der Waals surface area (Å²) in [6.07, 6.45) is 5.72. The Morgan fingerprint density at radius 1 is 0.958 bits per heavy atom. The fourth-order valence-corrected chi connectivity index (χ4v) is 2.45. The molecule has 0 saturated heterocycles. The molecule has 3 nitrogen and oxygen atoms in total. The quantitative estimate of drug-likeness (QED) is 0.688. The number of amides is 1. The molecule has 0 aliphatic rings. The normalized spacial score (nSPS) is 10.8. The van der Waals surface area contributed by atoms with Gasteiger partial charge in [-0.3, -0.25) is 4.79 Å². The maximum absolute atomic E-state index is 11.9. The lowest BCUT2D eigenvalue weighted by atomic mass is 10.0. The molecule has 3 aromatic rings. The van der Waals surface area contributed by atoms with E-state index in [4.69, 9.17) is 4.42 Å². The Morgan fingerprint density at radius 2 is 1.79 bits per heavy atom. The van der Waals surface area contributed by atoms with Crippen molar-refractivity contribution in [1.82, 2.24) is 5.32 Å². The summed E-state index contributed by atoms with van der Waals surface area (Å²) in [7, 11) is 0. The van der Waals surface area contributed by atoms with Gasteiger partial charge in [0.25, 0.3) is 0 Å². The third kappa shape index (κ3) is 4.46. The first-order valence-corrected chi connectivity index (χ1v) is 7.95. The van der Waals surface area contributed by atoms with E-state index in [1.54, 1.807) is 12.3 Å². The number of nitrogens with one attached hydrogen (secondary N) is 1. The van der Waals surface area contributed by atoms with Gasteiger partial charge in [-0.05, 0) is 41.0 Å². The van der Waals surface area contributed by atoms with Crippen LogP contribution in [0.5, 0.6) is 0 Å². The van der Waals surface area contributed by atoms with Gasteiger partial charge in [0.05, 0.1) is 6.26 Å². The molecule has 120 valence electrons. The molecule has 0 radical (unpaired) electrons. The van der Waals surface area contributed by atoms with Gasteiger partial charge >= 0.3 is 0 Å². The van der Waals surface area contributed by atoms with E-state index < -0.39 is 0 Å². The minimum absolute atomic E-state index is 0.105. The molecule has 3 heteroatoms. The van der Waals surface area contributed by atoms with Crippen molar-refractivity contribution in [1.29, 1.82) is 0 Å². The highest BCUT2D eigenvalue weighted by molar-refractivity contribution is 5.91. The van der Waals surface area contributed by atoms with Gasteiger partial charge in [-0.25, -0.2) is 0 Å². The summed E-state index contributed by atoms with van der Waals surface area (Å²) in [4.78, 5) is 11.9. The molecule has 1 N–H and O–H groups in total. The van der Waals surface area contributed by atoms with E-state index in [0.717, 1.165) is 22.5 Å². The lowest BCUT2D eigenvalue weighted by Gasteiger charge is -2.03. The number of carbonyl (C=O) groups is 1. The predicted octanol–water partition coefficient (Wildman–Crippen LogP) is 4.32. The SMILES string of the molecule is O=C(/C=C/c1cccc(-c2ccccc2)c1)NCCc1ccco1. The summed E-state index contributed by atoms with van der Waals surface area (Å²) in [5.41, 5.74) is 3.30. The van der Waals surface area contributed by atoms with Crippen molar-refractivity contribution in [2.75, 3.05) is 6.54 Å². The third-order valence-corrected chi connectivity index (χ3v) is 3.67. The summed E-state index contributed by atoms with van der Waals surface area (Å²) >= 11 is 0. The van der Waals surface area contributed by atoms with Crippen molar-refractivity contribution in [3.63, 3.8) is 0 Å². The van der Waals surface area contributed by atoms with E-state index in [1.807, 2.05) is 48.5 Å². The lowest BCUT2D eigenvalue weighted by molar-refractivity contribution is -0.116. The Hall–Kier alpha value is -3.07. The molecular formula is C21H19NO2. The van der Waals surface area contributed by atoms with Crippen LogP contribution in [-0.2, 0) is 11.2 Å². The number of benzene rings is 2. The van der Waals surface area contributed by atoms with Gasteiger partial charge < -0.3 is 9.73 Å². The van der Waals surface area contributed by atoms with Gasteiger partial charge in [0.1, 0.15) is 5.76 Å². The first-order valence-electron chi connectivity index (χ1n) is 7.95. The first kappa shape index (κ1) is 15.8. The zero-order valence-corrected chi connectivity index (χ0v) is 13.3. The van der Waals surface area contributed by atoms with Gasteiger partial charge in [0.15, 0.2) is 0 Å². The molecule has 0 fully saturated rings. The monoisotopic (exact) mass is 317 g/mol. The molecule has 0 aliphatic carbocycles. The van der Waals surface area contributed by atoms with E-state index in [9.17, 15) is 4.79 Å². The van der Waals surface area contributed by atoms with Crippen LogP contribution in [0.2, 0.25) is 0 Å². The smallest absolute Gasteiger partial charge is 0.244 e. The molecule has 1 amide bonds. The molecule has 1 aromatic heterocycles. The molecule has 1 heterocycles. The minimum Gasteiger partial charge on any atom is -0.469 e. The molecule has 0 aliphatic heterocycles. The Bertz CT molecular complexity index is 805. The number of rotatable bonds is 6. The summed E-state index contributed by atoms with van der Waals surface area (Å²) in [5.74, 6) is 0.765. The number of hydrogen-bond acceptors (Lipinski definition) is 2. The van der Waals surface area contributed by atoms with Crippen LogP contribution in [0.1, 0.15) is 11.3 Å². The second-order valence-electron chi connectivity index (χ2n) is 5.45. The van der Waals surface area contributed by atoms with E-state index >= 15 is 0 Å². The van der Waals surface area contributed by atoms with Crippen molar-refractivity contribution < 1.29 is 9.21 Å². The second-order valence-corrected chi connectivity index (χ2v) is 5.45. The standard InChI is InChI=1S/C21H19NO2/c23-21(22-14-13-20-10-5-15-24-20)12-11-17-6-4-9-19(16-17)18-7-2-1-3-8-18/h1-12,15-16H,13-14H2,(H,22,23)/b12-11+. The third-order valence-electron chi connectivity index (χ3n) is 3.67. The van der Waals surface area contributed by atoms with Gasteiger partial charge in [-0.1, -0.05) is 48.5 Å². The Morgan fingerprint density at radius 3 is 2.58 bits per heavy atom. The van der Waals surface area contributed by atoms with Gasteiger partial charge in [-0.2, -0.15) is 0 Å². The van der Waals surface area contributed by atoms with Crippen molar-refractivity contribution in [2.45, 2.75) is 6.42 Å². The van der Waals surface area contributed by atoms with E-state index in [1.165, 1.54) is 0 Å². The second kappa shape index (κ2) is 7.97. The van der Waals surface area contributed by atoms with E-state index in [-0.39, 0.29) is 5.91 Å². The molecule has 0 unspecified atom stereocenters. The topological polar surface area (TPSA) is 42.2 Å². The highest BCUT2D eigenvalue weighted by Gasteiger charge is 2.00. The van der Waals surface area contributed by atoms with Gasteiger partial charge in [-0.15, -0.1) is 0 Å². The Kier molecular flexibility index (Phi) is 5.25.